The van der Waals surface area contributed by atoms with Crippen molar-refractivity contribution in [3.63, 3.8) is 0 Å². The maximum Gasteiger partial charge on any atom is 0.310 e. The zero-order valence-electron chi connectivity index (χ0n) is 14.1. The summed E-state index contributed by atoms with van der Waals surface area (Å²) in [4.78, 5) is 16.7. The molecule has 2 aromatic rings. The summed E-state index contributed by atoms with van der Waals surface area (Å²) in [6.07, 6.45) is 0.143. The number of para-hydroxylation sites is 1. The Kier molecular flexibility index (Phi) is 6.37. The van der Waals surface area contributed by atoms with Crippen molar-refractivity contribution in [3.05, 3.63) is 65.2 Å². The molecule has 126 valence electrons. The molecule has 0 radical (unpaired) electrons. The second kappa shape index (κ2) is 8.72. The first-order valence-electron chi connectivity index (χ1n) is 7.74. The van der Waals surface area contributed by atoms with Crippen LogP contribution >= 0.6 is 0 Å². The number of carbonyl (C=O) groups excluding carboxylic acids is 1. The number of esters is 1. The summed E-state index contributed by atoms with van der Waals surface area (Å²) in [6.45, 7) is 4.08. The lowest BCUT2D eigenvalue weighted by atomic mass is 10.0. The van der Waals surface area contributed by atoms with Crippen molar-refractivity contribution in [3.8, 4) is 5.75 Å². The highest BCUT2D eigenvalue weighted by Gasteiger charge is 2.16. The number of nitrogens with zero attached hydrogens (tertiary/aromatic N) is 1. The third kappa shape index (κ3) is 4.59. The lowest BCUT2D eigenvalue weighted by molar-refractivity contribution is -0.142. The quantitative estimate of drug-likeness (QED) is 0.353. The van der Waals surface area contributed by atoms with Crippen LogP contribution in [-0.2, 0) is 20.8 Å². The van der Waals surface area contributed by atoms with E-state index in [0.29, 0.717) is 23.8 Å². The number of aryl methyl sites for hydroxylation is 1. The molecule has 0 N–H and O–H groups in total. The van der Waals surface area contributed by atoms with Gasteiger partial charge in [-0.05, 0) is 42.3 Å². The van der Waals surface area contributed by atoms with Crippen LogP contribution in [0.5, 0.6) is 5.75 Å². The summed E-state index contributed by atoms with van der Waals surface area (Å²) >= 11 is 0. The second-order valence-electron chi connectivity index (χ2n) is 5.09. The molecule has 0 saturated carbocycles. The van der Waals surface area contributed by atoms with Gasteiger partial charge in [-0.2, -0.15) is 0 Å². The molecule has 2 rings (SSSR count). The van der Waals surface area contributed by atoms with Gasteiger partial charge in [0.15, 0.2) is 0 Å². The predicted molar refractivity (Wildman–Crippen MR) is 92.1 cm³/mol. The van der Waals surface area contributed by atoms with Gasteiger partial charge < -0.3 is 14.3 Å². The highest BCUT2D eigenvalue weighted by Crippen LogP contribution is 2.20. The Morgan fingerprint density at radius 2 is 1.79 bits per heavy atom. The van der Waals surface area contributed by atoms with Crippen molar-refractivity contribution >= 4 is 11.9 Å². The fourth-order valence-electron chi connectivity index (χ4n) is 2.23. The molecule has 24 heavy (non-hydrogen) atoms. The number of rotatable bonds is 6. The van der Waals surface area contributed by atoms with Crippen LogP contribution in [0.3, 0.4) is 0 Å². The Bertz CT molecular complexity index is 725. The van der Waals surface area contributed by atoms with Crippen molar-refractivity contribution in [2.45, 2.75) is 20.3 Å². The van der Waals surface area contributed by atoms with Gasteiger partial charge in [0.2, 0.25) is 0 Å². The summed E-state index contributed by atoms with van der Waals surface area (Å²) in [7, 11) is 1.45. The van der Waals surface area contributed by atoms with Gasteiger partial charge in [0.1, 0.15) is 12.9 Å². The highest BCUT2D eigenvalue weighted by molar-refractivity contribution is 5.97. The van der Waals surface area contributed by atoms with Gasteiger partial charge in [0.25, 0.3) is 5.90 Å². The molecule has 0 saturated heterocycles. The van der Waals surface area contributed by atoms with Crippen LogP contribution in [0.25, 0.3) is 0 Å². The Hall–Kier alpha value is -2.82. The van der Waals surface area contributed by atoms with Gasteiger partial charge in [-0.15, -0.1) is 0 Å². The van der Waals surface area contributed by atoms with E-state index in [9.17, 15) is 4.79 Å². The third-order valence-corrected chi connectivity index (χ3v) is 3.36. The average molecular weight is 327 g/mol. The molecule has 0 aliphatic rings. The van der Waals surface area contributed by atoms with Crippen LogP contribution in [-0.4, -0.2) is 25.6 Å². The lowest BCUT2D eigenvalue weighted by Gasteiger charge is -2.13. The van der Waals surface area contributed by atoms with Crippen molar-refractivity contribution in [2.75, 3.05) is 13.7 Å². The molecule has 0 aromatic heterocycles. The van der Waals surface area contributed by atoms with Crippen LogP contribution in [0.2, 0.25) is 0 Å². The molecule has 0 aliphatic heterocycles. The maximum absolute atomic E-state index is 11.8. The Morgan fingerprint density at radius 3 is 2.50 bits per heavy atom. The minimum absolute atomic E-state index is 0.143. The molecule has 5 heteroatoms. The van der Waals surface area contributed by atoms with Gasteiger partial charge in [-0.1, -0.05) is 36.4 Å². The van der Waals surface area contributed by atoms with Crippen molar-refractivity contribution in [2.24, 2.45) is 5.16 Å². The van der Waals surface area contributed by atoms with Crippen LogP contribution in [0.1, 0.15) is 23.6 Å². The number of hydrogen-bond donors (Lipinski definition) is 0. The molecule has 2 aromatic carbocycles. The van der Waals surface area contributed by atoms with Gasteiger partial charge in [-0.25, -0.2) is 0 Å². The van der Waals surface area contributed by atoms with Crippen LogP contribution in [0.4, 0.5) is 0 Å². The van der Waals surface area contributed by atoms with Gasteiger partial charge in [0, 0.05) is 5.56 Å². The van der Waals surface area contributed by atoms with Gasteiger partial charge in [-0.3, -0.25) is 4.79 Å². The average Bonchev–Trinajstić information content (AvgIpc) is 2.57. The van der Waals surface area contributed by atoms with Crippen molar-refractivity contribution in [1.82, 2.24) is 0 Å². The number of carbonyl (C=O) groups is 1. The molecule has 0 amide bonds. The largest absolute Gasteiger partial charge is 0.466 e. The molecule has 0 spiro atoms. The third-order valence-electron chi connectivity index (χ3n) is 3.36. The smallest absolute Gasteiger partial charge is 0.310 e. The van der Waals surface area contributed by atoms with E-state index in [2.05, 4.69) is 5.16 Å². The van der Waals surface area contributed by atoms with Crippen LogP contribution in [0, 0.1) is 6.92 Å². The first-order chi connectivity index (χ1) is 11.7. The minimum atomic E-state index is -0.294. The highest BCUT2D eigenvalue weighted by atomic mass is 16.6. The maximum atomic E-state index is 11.8. The van der Waals surface area contributed by atoms with E-state index >= 15 is 0 Å². The molecule has 0 atom stereocenters. The lowest BCUT2D eigenvalue weighted by Crippen LogP contribution is -2.16. The summed E-state index contributed by atoms with van der Waals surface area (Å²) in [5.74, 6) is 0.684. The summed E-state index contributed by atoms with van der Waals surface area (Å²) < 4.78 is 11.0. The molecule has 0 fully saturated rings. The molecular weight excluding hydrogens is 306 g/mol. The normalized spacial score (nSPS) is 11.0. The molecule has 0 bridgehead atoms. The predicted octanol–water partition coefficient (Wildman–Crippen LogP) is 3.49. The van der Waals surface area contributed by atoms with E-state index in [0.717, 1.165) is 11.1 Å². The Labute approximate surface area is 141 Å². The molecule has 0 heterocycles. The minimum Gasteiger partial charge on any atom is -0.466 e. The fourth-order valence-corrected chi connectivity index (χ4v) is 2.23. The number of oxime groups is 1. The van der Waals surface area contributed by atoms with Crippen LogP contribution < -0.4 is 4.74 Å². The first kappa shape index (κ1) is 17.5. The number of hydrogen-bond acceptors (Lipinski definition) is 5. The van der Waals surface area contributed by atoms with E-state index in [1.165, 1.54) is 7.11 Å². The summed E-state index contributed by atoms with van der Waals surface area (Å²) in [5, 5.41) is 3.99. The van der Waals surface area contributed by atoms with Gasteiger partial charge in [0.05, 0.1) is 13.0 Å². The Balaban J connectivity index is 2.33. The SMILES string of the molecule is CCOC(=O)Cc1ccccc1/C(=N\OC)Oc1ccccc1C. The molecule has 0 unspecified atom stereocenters. The summed E-state index contributed by atoms with van der Waals surface area (Å²) in [6, 6.07) is 15.0. The number of benzene rings is 2. The summed E-state index contributed by atoms with van der Waals surface area (Å²) in [5.41, 5.74) is 2.43. The van der Waals surface area contributed by atoms with Crippen molar-refractivity contribution in [1.29, 1.82) is 0 Å². The monoisotopic (exact) mass is 327 g/mol. The molecule has 5 nitrogen and oxygen atoms in total. The van der Waals surface area contributed by atoms with E-state index in [4.69, 9.17) is 14.3 Å². The van der Waals surface area contributed by atoms with E-state index < -0.39 is 0 Å². The molecule has 0 aliphatic carbocycles. The zero-order valence-corrected chi connectivity index (χ0v) is 14.1. The zero-order chi connectivity index (χ0) is 17.4. The van der Waals surface area contributed by atoms with Crippen molar-refractivity contribution < 1.29 is 19.1 Å². The number of ether oxygens (including phenoxy) is 2. The Morgan fingerprint density at radius 1 is 1.08 bits per heavy atom. The van der Waals surface area contributed by atoms with Gasteiger partial charge >= 0.3 is 5.97 Å². The second-order valence-corrected chi connectivity index (χ2v) is 5.09. The molecular formula is C19H21NO4. The van der Waals surface area contributed by atoms with E-state index in [1.807, 2.05) is 55.5 Å². The standard InChI is InChI=1S/C19H21NO4/c1-4-23-18(21)13-15-10-6-7-11-16(15)19(20-22-3)24-17-12-8-5-9-14(17)2/h5-12H,4,13H2,1-3H3/b20-19+. The topological polar surface area (TPSA) is 57.1 Å². The van der Waals surface area contributed by atoms with E-state index in [-0.39, 0.29) is 12.4 Å². The van der Waals surface area contributed by atoms with Crippen LogP contribution in [0.15, 0.2) is 53.7 Å². The fraction of sp³-hybridized carbons (Fsp3) is 0.263. The first-order valence-corrected chi connectivity index (χ1v) is 7.74. The van der Waals surface area contributed by atoms with E-state index in [1.54, 1.807) is 6.92 Å².